The molecule has 1 unspecified atom stereocenters. The highest BCUT2D eigenvalue weighted by atomic mass is 19.1. The Hall–Kier alpha value is -3.29. The van der Waals surface area contributed by atoms with E-state index >= 15 is 0 Å². The SMILES string of the molecule is Cc1cc(C(=O)NCCCC(=O)O)cc(C)c1N1CC(Cc2ccc(F)cc2F)CCC1=O. The molecular formula is C25H28F2N2O4. The molecule has 0 aromatic heterocycles. The van der Waals surface area contributed by atoms with E-state index in [2.05, 4.69) is 5.32 Å². The van der Waals surface area contributed by atoms with Gasteiger partial charge in [0, 0.05) is 43.2 Å². The van der Waals surface area contributed by atoms with E-state index in [0.717, 1.165) is 22.9 Å². The van der Waals surface area contributed by atoms with Crippen molar-refractivity contribution in [1.29, 1.82) is 0 Å². The van der Waals surface area contributed by atoms with Crippen LogP contribution in [0.5, 0.6) is 0 Å². The fraction of sp³-hybridized carbons (Fsp3) is 0.400. The van der Waals surface area contributed by atoms with E-state index < -0.39 is 17.6 Å². The minimum absolute atomic E-state index is 0.0165. The maximum atomic E-state index is 14.1. The lowest BCUT2D eigenvalue weighted by atomic mass is 9.89. The van der Waals surface area contributed by atoms with Crippen molar-refractivity contribution >= 4 is 23.5 Å². The number of nitrogens with zero attached hydrogens (tertiary/aromatic N) is 1. The quantitative estimate of drug-likeness (QED) is 0.582. The molecule has 1 aliphatic heterocycles. The van der Waals surface area contributed by atoms with Crippen molar-refractivity contribution < 1.29 is 28.3 Å². The fourth-order valence-electron chi connectivity index (χ4n) is 4.35. The van der Waals surface area contributed by atoms with E-state index in [1.165, 1.54) is 12.1 Å². The lowest BCUT2D eigenvalue weighted by Gasteiger charge is -2.35. The molecule has 33 heavy (non-hydrogen) atoms. The fourth-order valence-corrected chi connectivity index (χ4v) is 4.35. The zero-order valence-electron chi connectivity index (χ0n) is 18.8. The molecular weight excluding hydrogens is 430 g/mol. The maximum absolute atomic E-state index is 14.1. The van der Waals surface area contributed by atoms with E-state index in [4.69, 9.17) is 5.11 Å². The first-order valence-electron chi connectivity index (χ1n) is 11.0. The van der Waals surface area contributed by atoms with Gasteiger partial charge in [-0.2, -0.15) is 0 Å². The number of carboxylic acids is 1. The van der Waals surface area contributed by atoms with Gasteiger partial charge >= 0.3 is 5.97 Å². The Kier molecular flexibility index (Phi) is 7.79. The van der Waals surface area contributed by atoms with Crippen LogP contribution in [0.4, 0.5) is 14.5 Å². The molecule has 1 aliphatic rings. The molecule has 2 aromatic rings. The van der Waals surface area contributed by atoms with Crippen molar-refractivity contribution in [2.45, 2.75) is 46.0 Å². The first kappa shape index (κ1) is 24.4. The second kappa shape index (κ2) is 10.6. The highest BCUT2D eigenvalue weighted by Crippen LogP contribution is 2.32. The van der Waals surface area contributed by atoms with E-state index in [-0.39, 0.29) is 30.7 Å². The van der Waals surface area contributed by atoms with Gasteiger partial charge in [0.1, 0.15) is 11.6 Å². The molecule has 0 spiro atoms. The zero-order chi connectivity index (χ0) is 24.1. The lowest BCUT2D eigenvalue weighted by Crippen LogP contribution is -2.41. The molecule has 1 atom stereocenters. The number of hydrogen-bond acceptors (Lipinski definition) is 3. The van der Waals surface area contributed by atoms with Crippen LogP contribution in [0.2, 0.25) is 0 Å². The summed E-state index contributed by atoms with van der Waals surface area (Å²) in [4.78, 5) is 37.5. The van der Waals surface area contributed by atoms with Crippen molar-refractivity contribution in [1.82, 2.24) is 5.32 Å². The number of benzene rings is 2. The van der Waals surface area contributed by atoms with Gasteiger partial charge in [0.05, 0.1) is 0 Å². The summed E-state index contributed by atoms with van der Waals surface area (Å²) in [5, 5.41) is 11.4. The number of anilines is 1. The van der Waals surface area contributed by atoms with Gasteiger partial charge in [-0.25, -0.2) is 8.78 Å². The van der Waals surface area contributed by atoms with Crippen LogP contribution < -0.4 is 10.2 Å². The third-order valence-corrected chi connectivity index (χ3v) is 5.91. The van der Waals surface area contributed by atoms with Gasteiger partial charge in [-0.15, -0.1) is 0 Å². The maximum Gasteiger partial charge on any atom is 0.303 e. The van der Waals surface area contributed by atoms with Crippen molar-refractivity contribution in [3.8, 4) is 0 Å². The van der Waals surface area contributed by atoms with Gasteiger partial charge in [-0.1, -0.05) is 6.07 Å². The van der Waals surface area contributed by atoms with Crippen LogP contribution in [0.25, 0.3) is 0 Å². The highest BCUT2D eigenvalue weighted by Gasteiger charge is 2.29. The average Bonchev–Trinajstić information content (AvgIpc) is 2.74. The molecule has 2 N–H and O–H groups in total. The predicted octanol–water partition coefficient (Wildman–Crippen LogP) is 4.16. The molecule has 0 aliphatic carbocycles. The molecule has 1 saturated heterocycles. The summed E-state index contributed by atoms with van der Waals surface area (Å²) < 4.78 is 27.3. The summed E-state index contributed by atoms with van der Waals surface area (Å²) in [7, 11) is 0. The predicted molar refractivity (Wildman–Crippen MR) is 120 cm³/mol. The number of rotatable bonds is 8. The Morgan fingerprint density at radius 1 is 1.15 bits per heavy atom. The Balaban J connectivity index is 1.73. The van der Waals surface area contributed by atoms with Gasteiger partial charge in [0.25, 0.3) is 5.91 Å². The molecule has 2 amide bonds. The molecule has 8 heteroatoms. The third kappa shape index (κ3) is 6.15. The summed E-state index contributed by atoms with van der Waals surface area (Å²) in [5.41, 5.74) is 3.16. The molecule has 0 radical (unpaired) electrons. The lowest BCUT2D eigenvalue weighted by molar-refractivity contribution is -0.137. The van der Waals surface area contributed by atoms with Crippen molar-refractivity contribution in [2.75, 3.05) is 18.0 Å². The van der Waals surface area contributed by atoms with Gasteiger partial charge in [-0.05, 0) is 73.9 Å². The normalized spacial score (nSPS) is 16.1. The average molecular weight is 459 g/mol. The molecule has 1 heterocycles. The summed E-state index contributed by atoms with van der Waals surface area (Å²) in [6, 6.07) is 6.99. The van der Waals surface area contributed by atoms with Gasteiger partial charge in [-0.3, -0.25) is 14.4 Å². The zero-order valence-corrected chi connectivity index (χ0v) is 18.8. The minimum Gasteiger partial charge on any atom is -0.481 e. The number of carboxylic acid groups (broad SMARTS) is 1. The molecule has 176 valence electrons. The van der Waals surface area contributed by atoms with Crippen molar-refractivity contribution in [2.24, 2.45) is 5.92 Å². The number of hydrogen-bond donors (Lipinski definition) is 2. The molecule has 1 fully saturated rings. The summed E-state index contributed by atoms with van der Waals surface area (Å²) in [6.07, 6.45) is 1.69. The van der Waals surface area contributed by atoms with Crippen LogP contribution in [0.3, 0.4) is 0 Å². The van der Waals surface area contributed by atoms with E-state index in [9.17, 15) is 23.2 Å². The first-order chi connectivity index (χ1) is 15.7. The van der Waals surface area contributed by atoms with Crippen LogP contribution in [-0.4, -0.2) is 36.0 Å². The van der Waals surface area contributed by atoms with Gasteiger partial charge in [0.15, 0.2) is 0 Å². The van der Waals surface area contributed by atoms with E-state index in [0.29, 0.717) is 43.4 Å². The number of carbonyl (C=O) groups excluding carboxylic acids is 2. The van der Waals surface area contributed by atoms with Crippen LogP contribution in [0.15, 0.2) is 30.3 Å². The highest BCUT2D eigenvalue weighted by molar-refractivity contribution is 5.99. The van der Waals surface area contributed by atoms with Crippen LogP contribution in [0.1, 0.15) is 52.7 Å². The van der Waals surface area contributed by atoms with Crippen LogP contribution in [0, 0.1) is 31.4 Å². The number of amides is 2. The first-order valence-corrected chi connectivity index (χ1v) is 11.0. The number of halogens is 2. The van der Waals surface area contributed by atoms with Crippen LogP contribution in [-0.2, 0) is 16.0 Å². The number of nitrogens with one attached hydrogen (secondary N) is 1. The van der Waals surface area contributed by atoms with E-state index in [1.807, 2.05) is 13.8 Å². The van der Waals surface area contributed by atoms with Gasteiger partial charge < -0.3 is 15.3 Å². The second-order valence-corrected chi connectivity index (χ2v) is 8.56. The number of carbonyl (C=O) groups is 3. The van der Waals surface area contributed by atoms with E-state index in [1.54, 1.807) is 17.0 Å². The number of aliphatic carboxylic acids is 1. The van der Waals surface area contributed by atoms with Crippen LogP contribution >= 0.6 is 0 Å². The summed E-state index contributed by atoms with van der Waals surface area (Å²) in [6.45, 7) is 4.34. The standard InChI is InChI=1S/C25H28F2N2O4/c1-15-10-19(25(33)28-9-3-4-23(31)32)11-16(2)24(15)29-14-17(5-8-22(29)30)12-18-6-7-20(26)13-21(18)27/h6-7,10-11,13,17H,3-5,8-9,12,14H2,1-2H3,(H,28,33)(H,31,32). The van der Waals surface area contributed by atoms with Gasteiger partial charge in [0.2, 0.25) is 5.91 Å². The molecule has 0 saturated carbocycles. The Morgan fingerprint density at radius 2 is 1.85 bits per heavy atom. The number of piperidine rings is 1. The summed E-state index contributed by atoms with van der Waals surface area (Å²) >= 11 is 0. The Morgan fingerprint density at radius 3 is 2.48 bits per heavy atom. The Bertz CT molecular complexity index is 1050. The number of aryl methyl sites for hydroxylation is 2. The second-order valence-electron chi connectivity index (χ2n) is 8.56. The monoisotopic (exact) mass is 458 g/mol. The van der Waals surface area contributed by atoms with Crippen molar-refractivity contribution in [3.05, 3.63) is 64.2 Å². The molecule has 2 aromatic carbocycles. The topological polar surface area (TPSA) is 86.7 Å². The largest absolute Gasteiger partial charge is 0.481 e. The summed E-state index contributed by atoms with van der Waals surface area (Å²) in [5.74, 6) is -2.40. The van der Waals surface area contributed by atoms with Crippen molar-refractivity contribution in [3.63, 3.8) is 0 Å². The molecule has 3 rings (SSSR count). The molecule has 0 bridgehead atoms. The minimum atomic E-state index is -0.910. The smallest absolute Gasteiger partial charge is 0.303 e. The Labute approximate surface area is 191 Å². The third-order valence-electron chi connectivity index (χ3n) is 5.91. The molecule has 6 nitrogen and oxygen atoms in total.